The van der Waals surface area contributed by atoms with Crippen molar-refractivity contribution in [1.82, 2.24) is 4.98 Å². The number of nitrogen functional groups attached to an aromatic ring is 1. The Balaban J connectivity index is 2.44. The van der Waals surface area contributed by atoms with Crippen molar-refractivity contribution in [3.8, 4) is 10.4 Å². The molecule has 0 aliphatic rings. The number of nitrogens with zero attached hydrogens (tertiary/aromatic N) is 1. The maximum absolute atomic E-state index is 12.4. The third-order valence-electron chi connectivity index (χ3n) is 2.26. The summed E-state index contributed by atoms with van der Waals surface area (Å²) >= 11 is 0.636. The lowest BCUT2D eigenvalue weighted by Gasteiger charge is -2.03. The Kier molecular flexibility index (Phi) is 2.82. The van der Waals surface area contributed by atoms with Gasteiger partial charge in [0.15, 0.2) is 5.01 Å². The lowest BCUT2D eigenvalue weighted by molar-refractivity contribution is -0.137. The predicted octanol–water partition coefficient (Wildman–Crippen LogP) is 3.72. The third kappa shape index (κ3) is 2.41. The molecule has 2 N–H and O–H groups in total. The fourth-order valence-corrected chi connectivity index (χ4v) is 2.37. The average Bonchev–Trinajstić information content (AvgIpc) is 2.65. The minimum Gasteiger partial charge on any atom is -0.399 e. The van der Waals surface area contributed by atoms with Gasteiger partial charge in [-0.2, -0.15) is 13.2 Å². The van der Waals surface area contributed by atoms with Crippen LogP contribution in [0.4, 0.5) is 18.9 Å². The van der Waals surface area contributed by atoms with Crippen LogP contribution >= 0.6 is 11.3 Å². The SMILES string of the molecule is Cc1cc(N)ccc1-c1cnc(C(F)(F)F)s1. The molecule has 0 atom stereocenters. The lowest BCUT2D eigenvalue weighted by Crippen LogP contribution is -2.02. The first-order valence-corrected chi connectivity index (χ1v) is 5.59. The summed E-state index contributed by atoms with van der Waals surface area (Å²) in [6, 6.07) is 5.09. The van der Waals surface area contributed by atoms with Gasteiger partial charge in [-0.25, -0.2) is 4.98 Å². The molecule has 2 nitrogen and oxygen atoms in total. The Morgan fingerprint density at radius 3 is 2.53 bits per heavy atom. The van der Waals surface area contributed by atoms with Crippen LogP contribution in [0.3, 0.4) is 0 Å². The zero-order valence-corrected chi connectivity index (χ0v) is 9.69. The summed E-state index contributed by atoms with van der Waals surface area (Å²) in [5.41, 5.74) is 7.74. The maximum atomic E-state index is 12.4. The monoisotopic (exact) mass is 258 g/mol. The van der Waals surface area contributed by atoms with Crippen molar-refractivity contribution in [3.05, 3.63) is 35.0 Å². The number of alkyl halides is 3. The summed E-state index contributed by atoms with van der Waals surface area (Å²) in [6.45, 7) is 1.80. The molecule has 90 valence electrons. The smallest absolute Gasteiger partial charge is 0.399 e. The zero-order chi connectivity index (χ0) is 12.6. The molecule has 0 fully saturated rings. The molecule has 0 aliphatic heterocycles. The summed E-state index contributed by atoms with van der Waals surface area (Å²) in [6.07, 6.45) is -3.14. The van der Waals surface area contributed by atoms with Gasteiger partial charge in [-0.05, 0) is 30.2 Å². The second kappa shape index (κ2) is 4.03. The predicted molar refractivity (Wildman–Crippen MR) is 61.7 cm³/mol. The Morgan fingerprint density at radius 2 is 2.00 bits per heavy atom. The molecule has 17 heavy (non-hydrogen) atoms. The Labute approximate surface area is 99.9 Å². The molecule has 0 amide bonds. The molecule has 6 heteroatoms. The minimum absolute atomic E-state index is 0.495. The van der Waals surface area contributed by atoms with Crippen LogP contribution in [0.5, 0.6) is 0 Å². The van der Waals surface area contributed by atoms with E-state index in [1.165, 1.54) is 6.20 Å². The molecule has 0 spiro atoms. The van der Waals surface area contributed by atoms with Gasteiger partial charge in [0.25, 0.3) is 0 Å². The van der Waals surface area contributed by atoms with E-state index in [9.17, 15) is 13.2 Å². The van der Waals surface area contributed by atoms with E-state index < -0.39 is 11.2 Å². The Bertz CT molecular complexity index is 546. The molecule has 0 saturated heterocycles. The summed E-state index contributed by atoms with van der Waals surface area (Å²) in [4.78, 5) is 3.88. The van der Waals surface area contributed by atoms with Crippen LogP contribution in [0.15, 0.2) is 24.4 Å². The highest BCUT2D eigenvalue weighted by Crippen LogP contribution is 2.37. The van der Waals surface area contributed by atoms with Crippen LogP contribution in [0.25, 0.3) is 10.4 Å². The molecular formula is C11H9F3N2S. The summed E-state index contributed by atoms with van der Waals surface area (Å²) in [5.74, 6) is 0. The summed E-state index contributed by atoms with van der Waals surface area (Å²) in [5, 5.41) is -0.830. The van der Waals surface area contributed by atoms with Crippen LogP contribution in [0.1, 0.15) is 10.6 Å². The molecule has 0 saturated carbocycles. The number of aromatic nitrogens is 1. The van der Waals surface area contributed by atoms with Crippen molar-refractivity contribution in [3.63, 3.8) is 0 Å². The average molecular weight is 258 g/mol. The standard InChI is InChI=1S/C11H9F3N2S/c1-6-4-7(15)2-3-8(6)9-5-16-10(17-9)11(12,13)14/h2-5H,15H2,1H3. The normalized spacial score (nSPS) is 11.8. The highest BCUT2D eigenvalue weighted by molar-refractivity contribution is 7.15. The van der Waals surface area contributed by atoms with E-state index in [1.807, 2.05) is 0 Å². The molecule has 0 radical (unpaired) electrons. The Hall–Kier alpha value is -1.56. The molecular weight excluding hydrogens is 249 g/mol. The van der Waals surface area contributed by atoms with Gasteiger partial charge in [-0.1, -0.05) is 6.07 Å². The van der Waals surface area contributed by atoms with Crippen molar-refractivity contribution in [1.29, 1.82) is 0 Å². The van der Waals surface area contributed by atoms with Crippen LogP contribution in [-0.2, 0) is 6.18 Å². The molecule has 0 unspecified atom stereocenters. The van der Waals surface area contributed by atoms with E-state index >= 15 is 0 Å². The van der Waals surface area contributed by atoms with E-state index in [-0.39, 0.29) is 0 Å². The number of hydrogen-bond donors (Lipinski definition) is 1. The number of aryl methyl sites for hydroxylation is 1. The Morgan fingerprint density at radius 1 is 1.29 bits per heavy atom. The number of anilines is 1. The molecule has 1 aromatic carbocycles. The highest BCUT2D eigenvalue weighted by Gasteiger charge is 2.34. The van der Waals surface area contributed by atoms with Gasteiger partial charge in [0.05, 0.1) is 4.88 Å². The second-order valence-corrected chi connectivity index (χ2v) is 4.63. The molecule has 2 aromatic rings. The van der Waals surface area contributed by atoms with Crippen molar-refractivity contribution in [2.24, 2.45) is 0 Å². The highest BCUT2D eigenvalue weighted by atomic mass is 32.1. The summed E-state index contributed by atoms with van der Waals surface area (Å²) < 4.78 is 37.2. The number of hydrogen-bond acceptors (Lipinski definition) is 3. The first-order chi connectivity index (χ1) is 7.88. The van der Waals surface area contributed by atoms with E-state index in [2.05, 4.69) is 4.98 Å². The van der Waals surface area contributed by atoms with Crippen molar-refractivity contribution >= 4 is 17.0 Å². The van der Waals surface area contributed by atoms with Gasteiger partial charge in [0.1, 0.15) is 0 Å². The van der Waals surface area contributed by atoms with Crippen LogP contribution < -0.4 is 5.73 Å². The van der Waals surface area contributed by atoms with E-state index in [0.717, 1.165) is 11.1 Å². The van der Waals surface area contributed by atoms with E-state index in [1.54, 1.807) is 25.1 Å². The van der Waals surface area contributed by atoms with Crippen LogP contribution in [0.2, 0.25) is 0 Å². The number of nitrogens with two attached hydrogens (primary N) is 1. The number of benzene rings is 1. The van der Waals surface area contributed by atoms with Crippen molar-refractivity contribution in [2.75, 3.05) is 5.73 Å². The fraction of sp³-hybridized carbons (Fsp3) is 0.182. The first-order valence-electron chi connectivity index (χ1n) is 4.77. The molecule has 1 aromatic heterocycles. The largest absolute Gasteiger partial charge is 0.443 e. The zero-order valence-electron chi connectivity index (χ0n) is 8.88. The van der Waals surface area contributed by atoms with E-state index in [0.29, 0.717) is 21.9 Å². The molecule has 0 aliphatic carbocycles. The number of halogens is 3. The minimum atomic E-state index is -4.38. The quantitative estimate of drug-likeness (QED) is 0.792. The second-order valence-electron chi connectivity index (χ2n) is 3.60. The van der Waals surface area contributed by atoms with Gasteiger partial charge in [0, 0.05) is 11.9 Å². The van der Waals surface area contributed by atoms with Crippen molar-refractivity contribution < 1.29 is 13.2 Å². The van der Waals surface area contributed by atoms with Gasteiger partial charge >= 0.3 is 6.18 Å². The number of thiazole rings is 1. The topological polar surface area (TPSA) is 38.9 Å². The van der Waals surface area contributed by atoms with E-state index in [4.69, 9.17) is 5.73 Å². The maximum Gasteiger partial charge on any atom is 0.443 e. The van der Waals surface area contributed by atoms with Crippen molar-refractivity contribution in [2.45, 2.75) is 13.1 Å². The van der Waals surface area contributed by atoms with Gasteiger partial charge in [0.2, 0.25) is 0 Å². The molecule has 1 heterocycles. The molecule has 2 rings (SSSR count). The third-order valence-corrected chi connectivity index (χ3v) is 3.34. The molecule has 0 bridgehead atoms. The van der Waals surface area contributed by atoms with Gasteiger partial charge < -0.3 is 5.73 Å². The fourth-order valence-electron chi connectivity index (χ4n) is 1.49. The van der Waals surface area contributed by atoms with Gasteiger partial charge in [-0.15, -0.1) is 11.3 Å². The number of rotatable bonds is 1. The van der Waals surface area contributed by atoms with Crippen LogP contribution in [-0.4, -0.2) is 4.98 Å². The van der Waals surface area contributed by atoms with Gasteiger partial charge in [-0.3, -0.25) is 0 Å². The first kappa shape index (κ1) is 11.9. The van der Waals surface area contributed by atoms with Crippen LogP contribution in [0, 0.1) is 6.92 Å². The summed E-state index contributed by atoms with van der Waals surface area (Å²) in [7, 11) is 0. The lowest BCUT2D eigenvalue weighted by atomic mass is 10.1.